The third-order valence-electron chi connectivity index (χ3n) is 2.47. The number of carbonyl (C=O) groups excluding carboxylic acids is 1. The topological polar surface area (TPSA) is 42.0 Å². The first kappa shape index (κ1) is 15.4. The minimum Gasteiger partial charge on any atom is -0.322 e. The van der Waals surface area contributed by atoms with Crippen molar-refractivity contribution in [1.29, 1.82) is 0 Å². The van der Waals surface area contributed by atoms with Crippen LogP contribution in [0.1, 0.15) is 15.9 Å². The molecule has 8 heteroatoms. The molecule has 1 aromatic carbocycles. The highest BCUT2D eigenvalue weighted by atomic mass is 79.9. The number of carbonyl (C=O) groups is 1. The van der Waals surface area contributed by atoms with Crippen LogP contribution in [0.3, 0.4) is 0 Å². The van der Waals surface area contributed by atoms with E-state index in [-0.39, 0.29) is 15.7 Å². The summed E-state index contributed by atoms with van der Waals surface area (Å²) < 4.78 is 50.8. The lowest BCUT2D eigenvalue weighted by Crippen LogP contribution is -2.13. The van der Waals surface area contributed by atoms with E-state index in [0.717, 1.165) is 24.4 Å². The van der Waals surface area contributed by atoms with Gasteiger partial charge in [-0.15, -0.1) is 0 Å². The van der Waals surface area contributed by atoms with Crippen LogP contribution in [0.4, 0.5) is 23.2 Å². The van der Waals surface area contributed by atoms with Gasteiger partial charge in [-0.3, -0.25) is 4.79 Å². The zero-order chi connectivity index (χ0) is 15.6. The molecule has 1 N–H and O–H groups in total. The maximum Gasteiger partial charge on any atom is 0.416 e. The Labute approximate surface area is 125 Å². The Morgan fingerprint density at radius 3 is 2.48 bits per heavy atom. The first-order valence-electron chi connectivity index (χ1n) is 5.56. The van der Waals surface area contributed by atoms with E-state index in [2.05, 4.69) is 26.2 Å². The molecule has 0 atom stereocenters. The molecule has 0 bridgehead atoms. The standard InChI is InChI=1S/C13H7BrF4N2O/c14-9-3-8(13(16,17)18)4-10(5-9)20-12(21)7-1-2-11(15)19-6-7/h1-6H,(H,20,21). The van der Waals surface area contributed by atoms with Gasteiger partial charge >= 0.3 is 6.18 Å². The van der Waals surface area contributed by atoms with Crippen molar-refractivity contribution in [2.24, 2.45) is 0 Å². The number of amides is 1. The Balaban J connectivity index is 2.25. The van der Waals surface area contributed by atoms with Crippen molar-refractivity contribution in [2.45, 2.75) is 6.18 Å². The normalized spacial score (nSPS) is 11.3. The lowest BCUT2D eigenvalue weighted by molar-refractivity contribution is -0.137. The van der Waals surface area contributed by atoms with Crippen LogP contribution in [-0.4, -0.2) is 10.9 Å². The summed E-state index contributed by atoms with van der Waals surface area (Å²) in [7, 11) is 0. The van der Waals surface area contributed by atoms with Crippen molar-refractivity contribution >= 4 is 27.5 Å². The summed E-state index contributed by atoms with van der Waals surface area (Å²) in [5, 5.41) is 2.30. The fourth-order valence-corrected chi connectivity index (χ4v) is 2.03. The quantitative estimate of drug-likeness (QED) is 0.640. The molecule has 1 aromatic heterocycles. The molecule has 0 aliphatic heterocycles. The lowest BCUT2D eigenvalue weighted by Gasteiger charge is -2.11. The van der Waals surface area contributed by atoms with E-state index in [1.165, 1.54) is 12.1 Å². The molecular formula is C13H7BrF4N2O. The van der Waals surface area contributed by atoms with Gasteiger partial charge in [0, 0.05) is 16.4 Å². The van der Waals surface area contributed by atoms with Gasteiger partial charge < -0.3 is 5.32 Å². The van der Waals surface area contributed by atoms with Gasteiger partial charge in [-0.2, -0.15) is 17.6 Å². The van der Waals surface area contributed by atoms with E-state index in [9.17, 15) is 22.4 Å². The molecule has 1 amide bonds. The number of alkyl halides is 3. The summed E-state index contributed by atoms with van der Waals surface area (Å²) >= 11 is 2.95. The number of benzene rings is 1. The Kier molecular flexibility index (Phi) is 4.26. The second-order valence-corrected chi connectivity index (χ2v) is 4.97. The van der Waals surface area contributed by atoms with Crippen LogP contribution < -0.4 is 5.32 Å². The molecule has 1 heterocycles. The van der Waals surface area contributed by atoms with Gasteiger partial charge in [0.15, 0.2) is 0 Å². The molecule has 2 aromatic rings. The van der Waals surface area contributed by atoms with E-state index < -0.39 is 23.6 Å². The molecule has 0 fully saturated rings. The zero-order valence-electron chi connectivity index (χ0n) is 10.2. The van der Waals surface area contributed by atoms with Gasteiger partial charge in [0.1, 0.15) is 0 Å². The number of aromatic nitrogens is 1. The summed E-state index contributed by atoms with van der Waals surface area (Å²) in [6.45, 7) is 0. The van der Waals surface area contributed by atoms with Gasteiger partial charge in [-0.25, -0.2) is 4.98 Å². The molecule has 2 rings (SSSR count). The van der Waals surface area contributed by atoms with Crippen molar-refractivity contribution in [3.63, 3.8) is 0 Å². The van der Waals surface area contributed by atoms with Crippen molar-refractivity contribution in [3.8, 4) is 0 Å². The average molecular weight is 363 g/mol. The summed E-state index contributed by atoms with van der Waals surface area (Å²) in [6, 6.07) is 5.19. The lowest BCUT2D eigenvalue weighted by atomic mass is 10.2. The Morgan fingerprint density at radius 2 is 1.90 bits per heavy atom. The summed E-state index contributed by atoms with van der Waals surface area (Å²) in [6.07, 6.45) is -3.53. The highest BCUT2D eigenvalue weighted by Crippen LogP contribution is 2.33. The molecular weight excluding hydrogens is 356 g/mol. The summed E-state index contributed by atoms with van der Waals surface area (Å²) in [5.74, 6) is -1.44. The molecule has 0 aliphatic carbocycles. The highest BCUT2D eigenvalue weighted by Gasteiger charge is 2.31. The minimum absolute atomic E-state index is 0.0323. The van der Waals surface area contributed by atoms with Crippen molar-refractivity contribution in [2.75, 3.05) is 5.32 Å². The van der Waals surface area contributed by atoms with Gasteiger partial charge in [0.05, 0.1) is 11.1 Å². The maximum absolute atomic E-state index is 12.7. The van der Waals surface area contributed by atoms with Crippen molar-refractivity contribution < 1.29 is 22.4 Å². The summed E-state index contributed by atoms with van der Waals surface area (Å²) in [4.78, 5) is 15.1. The van der Waals surface area contributed by atoms with Gasteiger partial charge in [0.2, 0.25) is 5.95 Å². The third kappa shape index (κ3) is 4.01. The molecule has 0 saturated carbocycles. The average Bonchev–Trinajstić information content (AvgIpc) is 2.37. The van der Waals surface area contributed by atoms with Crippen LogP contribution in [0.2, 0.25) is 0 Å². The number of rotatable bonds is 2. The van der Waals surface area contributed by atoms with Crippen LogP contribution >= 0.6 is 15.9 Å². The van der Waals surface area contributed by atoms with Crippen LogP contribution in [0.25, 0.3) is 0 Å². The first-order valence-corrected chi connectivity index (χ1v) is 6.36. The van der Waals surface area contributed by atoms with Gasteiger partial charge in [-0.1, -0.05) is 15.9 Å². The van der Waals surface area contributed by atoms with E-state index in [1.54, 1.807) is 0 Å². The molecule has 3 nitrogen and oxygen atoms in total. The van der Waals surface area contributed by atoms with Crippen LogP contribution in [0.5, 0.6) is 0 Å². The predicted octanol–water partition coefficient (Wildman–Crippen LogP) is 4.25. The van der Waals surface area contributed by atoms with E-state index in [1.807, 2.05) is 0 Å². The number of anilines is 1. The van der Waals surface area contributed by atoms with Gasteiger partial charge in [0.25, 0.3) is 5.91 Å². The Bertz CT molecular complexity index is 671. The smallest absolute Gasteiger partial charge is 0.322 e. The highest BCUT2D eigenvalue weighted by molar-refractivity contribution is 9.10. The monoisotopic (exact) mass is 362 g/mol. The predicted molar refractivity (Wildman–Crippen MR) is 71.3 cm³/mol. The second-order valence-electron chi connectivity index (χ2n) is 4.05. The molecule has 21 heavy (non-hydrogen) atoms. The number of pyridine rings is 1. The number of nitrogens with zero attached hydrogens (tertiary/aromatic N) is 1. The van der Waals surface area contributed by atoms with Crippen molar-refractivity contribution in [1.82, 2.24) is 4.98 Å². The SMILES string of the molecule is O=C(Nc1cc(Br)cc(C(F)(F)F)c1)c1ccc(F)nc1. The first-order chi connectivity index (χ1) is 9.75. The molecule has 0 aliphatic rings. The van der Waals surface area contributed by atoms with Crippen molar-refractivity contribution in [3.05, 3.63) is 58.1 Å². The molecule has 0 radical (unpaired) electrons. The summed E-state index contributed by atoms with van der Waals surface area (Å²) in [5.41, 5.74) is -0.902. The van der Waals surface area contributed by atoms with E-state index in [4.69, 9.17) is 0 Å². The number of hydrogen-bond donors (Lipinski definition) is 1. The van der Waals surface area contributed by atoms with Gasteiger partial charge in [-0.05, 0) is 30.3 Å². The number of nitrogens with one attached hydrogen (secondary N) is 1. The van der Waals surface area contributed by atoms with Crippen LogP contribution in [0.15, 0.2) is 41.0 Å². The molecule has 0 unspecified atom stereocenters. The largest absolute Gasteiger partial charge is 0.416 e. The number of hydrogen-bond acceptors (Lipinski definition) is 2. The van der Waals surface area contributed by atoms with E-state index in [0.29, 0.717) is 0 Å². The van der Waals surface area contributed by atoms with Crippen LogP contribution in [0, 0.1) is 5.95 Å². The number of halogens is 5. The maximum atomic E-state index is 12.7. The fraction of sp³-hybridized carbons (Fsp3) is 0.0769. The third-order valence-corrected chi connectivity index (χ3v) is 2.93. The Hall–Kier alpha value is -1.96. The fourth-order valence-electron chi connectivity index (χ4n) is 1.54. The van der Waals surface area contributed by atoms with E-state index >= 15 is 0 Å². The molecule has 0 saturated heterocycles. The second kappa shape index (κ2) is 5.80. The minimum atomic E-state index is -4.53. The zero-order valence-corrected chi connectivity index (χ0v) is 11.8. The Morgan fingerprint density at radius 1 is 1.19 bits per heavy atom. The molecule has 110 valence electrons. The van der Waals surface area contributed by atoms with Crippen LogP contribution in [-0.2, 0) is 6.18 Å². The molecule has 0 spiro atoms.